The molecule has 2 N–H and O–H groups in total. The number of aliphatic carboxylic acids is 1. The summed E-state index contributed by atoms with van der Waals surface area (Å²) in [6.07, 6.45) is 0.713. The third kappa shape index (κ3) is 17.3. The van der Waals surface area contributed by atoms with Crippen molar-refractivity contribution in [2.75, 3.05) is 6.26 Å². The first kappa shape index (κ1) is 34.3. The zero-order valence-electron chi connectivity index (χ0n) is 11.8. The average molecular weight is 616 g/mol. The van der Waals surface area contributed by atoms with Crippen molar-refractivity contribution in [3.63, 3.8) is 0 Å². The monoisotopic (exact) mass is 616 g/mol. The first-order chi connectivity index (χ1) is 8.71. The van der Waals surface area contributed by atoms with E-state index in [4.69, 9.17) is 9.90 Å². The second-order valence-corrected chi connectivity index (χ2v) is 5.01. The minimum Gasteiger partial charge on any atom is -0.545 e. The van der Waals surface area contributed by atoms with Crippen LogP contribution < -0.4 is 5.32 Å². The molecule has 0 saturated heterocycles. The molecule has 0 aromatic heterocycles. The number of hydrogen-bond acceptors (Lipinski definition) is 5. The second-order valence-electron chi connectivity index (χ2n) is 3.33. The smallest absolute Gasteiger partial charge is 0.545 e. The molecule has 0 aliphatic heterocycles. The fraction of sp³-hybridized carbons (Fsp3) is 0.500. The maximum Gasteiger partial charge on any atom is 2.00 e. The minimum absolute atomic E-state index is 0. The predicted molar refractivity (Wildman–Crippen MR) is 68.3 cm³/mol. The summed E-state index contributed by atoms with van der Waals surface area (Å²) in [5.41, 5.74) is 0. The van der Waals surface area contributed by atoms with E-state index >= 15 is 0 Å². The SMILES string of the molecule is [CH-]=O.[CH2-]CC([N-]S(C)(=O)=O)C(=O)N[C@@H](C[CH2-])C(=O)O.[V].[W+2].[Y]. The number of carbonyl (C=O) groups excluding carboxylic acids is 2. The van der Waals surface area contributed by atoms with Gasteiger partial charge in [0.05, 0.1) is 16.1 Å². The number of carbonyl (C=O) groups is 2. The van der Waals surface area contributed by atoms with Crippen LogP contribution in [0.15, 0.2) is 0 Å². The number of nitrogens with zero attached hydrogens (tertiary/aromatic N) is 1. The Bertz CT molecular complexity index is 412. The van der Waals surface area contributed by atoms with Crippen LogP contribution in [0.25, 0.3) is 4.72 Å². The maximum atomic E-state index is 11.5. The Morgan fingerprint density at radius 3 is 1.91 bits per heavy atom. The van der Waals surface area contributed by atoms with Gasteiger partial charge in [0.1, 0.15) is 0 Å². The first-order valence-corrected chi connectivity index (χ1v) is 6.83. The zero-order chi connectivity index (χ0) is 15.6. The Balaban J connectivity index is -0.000000184. The number of carboxylic acids is 1. The van der Waals surface area contributed by atoms with Crippen LogP contribution in [0.1, 0.15) is 12.8 Å². The van der Waals surface area contributed by atoms with Gasteiger partial charge in [-0.05, 0) is 0 Å². The van der Waals surface area contributed by atoms with Crippen LogP contribution in [-0.2, 0) is 96.7 Å². The van der Waals surface area contributed by atoms with E-state index in [9.17, 15) is 18.0 Å². The van der Waals surface area contributed by atoms with Crippen LogP contribution in [0.3, 0.4) is 0 Å². The van der Waals surface area contributed by atoms with Gasteiger partial charge in [-0.2, -0.15) is 12.8 Å². The molecule has 0 aromatic carbocycles. The molecule has 0 aliphatic carbocycles. The molecule has 0 rings (SSSR count). The molecule has 8 nitrogen and oxygen atoms in total. The van der Waals surface area contributed by atoms with E-state index in [1.165, 1.54) is 0 Å². The quantitative estimate of drug-likeness (QED) is 0.291. The molecule has 2 atom stereocenters. The molecular weight excluding hydrogens is 600 g/mol. The molecule has 0 saturated carbocycles. The largest absolute Gasteiger partial charge is 2.00 e. The molecular formula is C10H16N2O6SVWY-2. The first-order valence-electron chi connectivity index (χ1n) is 4.98. The number of sulfonamides is 1. The van der Waals surface area contributed by atoms with E-state index in [-0.39, 0.29) is 85.2 Å². The Labute approximate surface area is 182 Å². The standard InChI is InChI=1S/C9H15N2O5S.CHO.V.W.Y/c1-4-6(11-17(3,15)16)8(12)10-7(5-2)9(13)14;1-2;;;/h6-7H,1-2,4-5H2,3H3,(H,10,12)(H,13,14);1H;;;/q-3;-1;;+2;/t6?,7-;;;;/m0..../s1. The molecule has 0 aromatic rings. The van der Waals surface area contributed by atoms with E-state index in [2.05, 4.69) is 30.7 Å². The Morgan fingerprint density at radius 1 is 1.27 bits per heavy atom. The molecule has 1 amide bonds. The molecule has 0 aliphatic rings. The van der Waals surface area contributed by atoms with Crippen LogP contribution in [0, 0.1) is 13.8 Å². The number of hydrogen-bond donors (Lipinski definition) is 2. The van der Waals surface area contributed by atoms with E-state index in [1.54, 1.807) is 0 Å². The summed E-state index contributed by atoms with van der Waals surface area (Å²) < 4.78 is 25.0. The topological polar surface area (TPSA) is 132 Å². The van der Waals surface area contributed by atoms with Crippen LogP contribution in [0.4, 0.5) is 0 Å². The van der Waals surface area contributed by atoms with Crippen molar-refractivity contribution in [3.8, 4) is 0 Å². The summed E-state index contributed by atoms with van der Waals surface area (Å²) in [5.74, 6) is -2.03. The molecule has 0 bridgehead atoms. The second kappa shape index (κ2) is 18.2. The number of carboxylic acid groups (broad SMARTS) is 1. The van der Waals surface area contributed by atoms with Crippen molar-refractivity contribution in [3.05, 3.63) is 18.6 Å². The van der Waals surface area contributed by atoms with Crippen molar-refractivity contribution in [1.82, 2.24) is 5.32 Å². The number of rotatable bonds is 7. The van der Waals surface area contributed by atoms with Gasteiger partial charge in [0.25, 0.3) is 0 Å². The molecule has 22 heavy (non-hydrogen) atoms. The Kier molecular flexibility index (Phi) is 28.4. The third-order valence-electron chi connectivity index (χ3n) is 1.80. The normalized spacial score (nSPS) is 11.8. The van der Waals surface area contributed by atoms with Crippen molar-refractivity contribution in [2.45, 2.75) is 24.9 Å². The molecule has 2 radical (unpaired) electrons. The summed E-state index contributed by atoms with van der Waals surface area (Å²) in [6.45, 7) is 10.00. The van der Waals surface area contributed by atoms with Crippen molar-refractivity contribution >= 4 is 28.7 Å². The van der Waals surface area contributed by atoms with Crippen LogP contribution in [0.2, 0.25) is 0 Å². The average Bonchev–Trinajstić information content (AvgIpc) is 2.33. The van der Waals surface area contributed by atoms with Gasteiger partial charge in [-0.1, -0.05) is 6.04 Å². The summed E-state index contributed by atoms with van der Waals surface area (Å²) >= 11 is 0. The molecule has 0 heterocycles. The van der Waals surface area contributed by atoms with E-state index in [0.717, 1.165) is 6.26 Å². The zero-order valence-corrected chi connectivity index (χ0v) is 19.8. The summed E-state index contributed by atoms with van der Waals surface area (Å²) in [6, 6.07) is -2.37. The maximum absolute atomic E-state index is 11.5. The van der Waals surface area contributed by atoms with E-state index in [1.807, 2.05) is 0 Å². The predicted octanol–water partition coefficient (Wildman–Crippen LogP) is -0.576. The fourth-order valence-electron chi connectivity index (χ4n) is 0.988. The number of nitrogens with one attached hydrogen (secondary N) is 1. The van der Waals surface area contributed by atoms with Gasteiger partial charge in [0, 0.05) is 57.5 Å². The van der Waals surface area contributed by atoms with Crippen LogP contribution in [0.5, 0.6) is 0 Å². The van der Waals surface area contributed by atoms with Crippen molar-refractivity contribution in [2.24, 2.45) is 0 Å². The van der Waals surface area contributed by atoms with Crippen molar-refractivity contribution in [1.29, 1.82) is 0 Å². The van der Waals surface area contributed by atoms with Crippen molar-refractivity contribution < 1.29 is 100 Å². The van der Waals surface area contributed by atoms with Gasteiger partial charge in [-0.25, -0.2) is 8.42 Å². The molecule has 1 unspecified atom stereocenters. The Morgan fingerprint density at radius 2 is 1.68 bits per heavy atom. The summed E-state index contributed by atoms with van der Waals surface area (Å²) in [5, 5.41) is 10.8. The molecule has 12 heteroatoms. The minimum atomic E-state index is -3.68. The third-order valence-corrected chi connectivity index (χ3v) is 2.44. The molecule has 124 valence electrons. The van der Waals surface area contributed by atoms with Gasteiger partial charge < -0.3 is 33.8 Å². The van der Waals surface area contributed by atoms with Gasteiger partial charge in [0.15, 0.2) is 0 Å². The van der Waals surface area contributed by atoms with Gasteiger partial charge in [-0.3, -0.25) is 16.4 Å². The number of amides is 1. The summed E-state index contributed by atoms with van der Waals surface area (Å²) in [4.78, 5) is 29.9. The summed E-state index contributed by atoms with van der Waals surface area (Å²) in [7, 11) is -3.68. The molecule has 0 fully saturated rings. The Hall–Kier alpha value is 0.897. The van der Waals surface area contributed by atoms with E-state index in [0.29, 0.717) is 0 Å². The van der Waals surface area contributed by atoms with Crippen LogP contribution in [-0.4, -0.2) is 50.5 Å². The molecule has 0 spiro atoms. The van der Waals surface area contributed by atoms with Crippen LogP contribution >= 0.6 is 0 Å². The van der Waals surface area contributed by atoms with E-state index < -0.39 is 34.0 Å². The van der Waals surface area contributed by atoms with Gasteiger partial charge in [0.2, 0.25) is 5.91 Å². The van der Waals surface area contributed by atoms with Gasteiger partial charge in [-0.15, -0.1) is 0 Å². The fourth-order valence-corrected chi connectivity index (χ4v) is 1.65. The van der Waals surface area contributed by atoms with Gasteiger partial charge >= 0.3 is 27.0 Å².